The number of hydrogen-bond donors (Lipinski definition) is 1. The van der Waals surface area contributed by atoms with E-state index in [1.165, 1.54) is 22.3 Å². The van der Waals surface area contributed by atoms with Gasteiger partial charge in [-0.05, 0) is 56.5 Å². The van der Waals surface area contributed by atoms with Crippen LogP contribution < -0.4 is 5.32 Å². The van der Waals surface area contributed by atoms with Gasteiger partial charge in [0.25, 0.3) is 0 Å². The van der Waals surface area contributed by atoms with E-state index in [-0.39, 0.29) is 11.9 Å². The predicted octanol–water partition coefficient (Wildman–Crippen LogP) is 3.83. The van der Waals surface area contributed by atoms with Crippen LogP contribution in [0.2, 0.25) is 0 Å². The van der Waals surface area contributed by atoms with Gasteiger partial charge in [-0.15, -0.1) is 0 Å². The molecule has 0 heterocycles. The van der Waals surface area contributed by atoms with Crippen LogP contribution in [0.15, 0.2) is 48.5 Å². The fourth-order valence-electron chi connectivity index (χ4n) is 3.75. The molecule has 0 aliphatic heterocycles. The minimum Gasteiger partial charge on any atom is -0.354 e. The molecule has 0 spiro atoms. The smallest absolute Gasteiger partial charge is 0.220 e. The molecule has 0 saturated carbocycles. The highest BCUT2D eigenvalue weighted by molar-refractivity contribution is 5.77. The van der Waals surface area contributed by atoms with Gasteiger partial charge in [0.05, 0.1) is 6.04 Å². The van der Waals surface area contributed by atoms with E-state index < -0.39 is 0 Å². The molecular weight excluding hydrogens is 308 g/mol. The molecule has 1 aliphatic rings. The number of aryl methyl sites for hydroxylation is 2. The zero-order chi connectivity index (χ0) is 17.8. The Balaban J connectivity index is 1.58. The van der Waals surface area contributed by atoms with E-state index in [1.807, 2.05) is 0 Å². The molecule has 1 N–H and O–H groups in total. The molecule has 0 saturated heterocycles. The molecule has 25 heavy (non-hydrogen) atoms. The van der Waals surface area contributed by atoms with Crippen LogP contribution in [0.4, 0.5) is 0 Å². The van der Waals surface area contributed by atoms with Crippen LogP contribution in [0.1, 0.15) is 47.1 Å². The number of fused-ring (bicyclic) bond motifs is 1. The molecule has 1 aliphatic carbocycles. The Hall–Kier alpha value is -2.13. The van der Waals surface area contributed by atoms with Crippen molar-refractivity contribution < 1.29 is 4.79 Å². The molecule has 0 aromatic heterocycles. The molecule has 0 radical (unpaired) electrons. The maximum atomic E-state index is 12.5. The van der Waals surface area contributed by atoms with Crippen molar-refractivity contribution >= 4 is 5.91 Å². The van der Waals surface area contributed by atoms with Gasteiger partial charge < -0.3 is 10.2 Å². The Kier molecular flexibility index (Phi) is 5.54. The first-order valence-electron chi connectivity index (χ1n) is 9.12. The maximum Gasteiger partial charge on any atom is 0.220 e. The largest absolute Gasteiger partial charge is 0.354 e. The number of carbonyl (C=O) groups is 1. The molecule has 3 heteroatoms. The number of benzene rings is 2. The van der Waals surface area contributed by atoms with E-state index in [9.17, 15) is 4.79 Å². The number of carbonyl (C=O) groups excluding carboxylic acids is 1. The molecule has 0 fully saturated rings. The molecule has 3 nitrogen and oxygen atoms in total. The quantitative estimate of drug-likeness (QED) is 0.869. The van der Waals surface area contributed by atoms with Crippen molar-refractivity contribution in [1.29, 1.82) is 0 Å². The topological polar surface area (TPSA) is 32.3 Å². The number of rotatable bonds is 6. The third kappa shape index (κ3) is 4.29. The van der Waals surface area contributed by atoms with Gasteiger partial charge in [-0.3, -0.25) is 4.79 Å². The monoisotopic (exact) mass is 336 g/mol. The molecule has 132 valence electrons. The third-order valence-corrected chi connectivity index (χ3v) is 5.27. The van der Waals surface area contributed by atoms with E-state index in [0.29, 0.717) is 18.9 Å². The van der Waals surface area contributed by atoms with Gasteiger partial charge in [0, 0.05) is 13.0 Å². The van der Waals surface area contributed by atoms with Crippen LogP contribution in [-0.4, -0.2) is 31.4 Å². The van der Waals surface area contributed by atoms with Crippen LogP contribution in [0.3, 0.4) is 0 Å². The number of amides is 1. The van der Waals surface area contributed by atoms with E-state index in [2.05, 4.69) is 79.8 Å². The molecule has 2 aromatic carbocycles. The summed E-state index contributed by atoms with van der Waals surface area (Å²) in [4.78, 5) is 14.7. The summed E-state index contributed by atoms with van der Waals surface area (Å²) in [5, 5.41) is 3.15. The van der Waals surface area contributed by atoms with Gasteiger partial charge in [0.1, 0.15) is 0 Å². The van der Waals surface area contributed by atoms with E-state index >= 15 is 0 Å². The first-order valence-corrected chi connectivity index (χ1v) is 9.12. The Labute approximate surface area is 151 Å². The summed E-state index contributed by atoms with van der Waals surface area (Å²) in [5.74, 6) is 0.522. The van der Waals surface area contributed by atoms with Crippen molar-refractivity contribution in [2.24, 2.45) is 0 Å². The Morgan fingerprint density at radius 3 is 2.60 bits per heavy atom. The van der Waals surface area contributed by atoms with Gasteiger partial charge in [0.2, 0.25) is 5.91 Å². The van der Waals surface area contributed by atoms with Crippen molar-refractivity contribution in [3.05, 3.63) is 70.8 Å². The van der Waals surface area contributed by atoms with Crippen molar-refractivity contribution in [2.45, 2.75) is 38.1 Å². The van der Waals surface area contributed by atoms with E-state index in [1.54, 1.807) is 0 Å². The number of hydrogen-bond acceptors (Lipinski definition) is 2. The summed E-state index contributed by atoms with van der Waals surface area (Å²) >= 11 is 0. The van der Waals surface area contributed by atoms with E-state index in [4.69, 9.17) is 0 Å². The fraction of sp³-hybridized carbons (Fsp3) is 0.409. The summed E-state index contributed by atoms with van der Waals surface area (Å²) in [6.45, 7) is 2.74. The average molecular weight is 336 g/mol. The van der Waals surface area contributed by atoms with Gasteiger partial charge in [-0.25, -0.2) is 0 Å². The second-order valence-corrected chi connectivity index (χ2v) is 7.33. The first kappa shape index (κ1) is 17.7. The molecule has 0 bridgehead atoms. The Bertz CT molecular complexity index is 721. The average Bonchev–Trinajstić information content (AvgIpc) is 2.99. The second kappa shape index (κ2) is 7.83. The zero-order valence-electron chi connectivity index (χ0n) is 15.5. The van der Waals surface area contributed by atoms with Crippen LogP contribution in [0, 0.1) is 6.92 Å². The standard InChI is InChI=1S/C22H28N2O/c1-16-8-10-18(11-9-16)21(24(2)3)15-23-22(25)14-19-13-12-17-6-4-5-7-20(17)19/h4-11,19,21H,12-15H2,1-3H3,(H,23,25). The lowest BCUT2D eigenvalue weighted by atomic mass is 9.97. The van der Waals surface area contributed by atoms with Crippen LogP contribution >= 0.6 is 0 Å². The van der Waals surface area contributed by atoms with Crippen molar-refractivity contribution in [3.63, 3.8) is 0 Å². The Morgan fingerprint density at radius 2 is 1.88 bits per heavy atom. The second-order valence-electron chi connectivity index (χ2n) is 7.33. The predicted molar refractivity (Wildman–Crippen MR) is 103 cm³/mol. The van der Waals surface area contributed by atoms with Crippen molar-refractivity contribution in [3.8, 4) is 0 Å². The van der Waals surface area contributed by atoms with Gasteiger partial charge >= 0.3 is 0 Å². The summed E-state index contributed by atoms with van der Waals surface area (Å²) in [7, 11) is 4.12. The van der Waals surface area contributed by atoms with E-state index in [0.717, 1.165) is 12.8 Å². The van der Waals surface area contributed by atoms with Crippen LogP contribution in [0.5, 0.6) is 0 Å². The lowest BCUT2D eigenvalue weighted by molar-refractivity contribution is -0.121. The molecule has 1 amide bonds. The van der Waals surface area contributed by atoms with Gasteiger partial charge in [0.15, 0.2) is 0 Å². The summed E-state index contributed by atoms with van der Waals surface area (Å²) < 4.78 is 0. The lowest BCUT2D eigenvalue weighted by Crippen LogP contribution is -2.35. The molecule has 2 aromatic rings. The van der Waals surface area contributed by atoms with Gasteiger partial charge in [-0.1, -0.05) is 54.1 Å². The summed E-state index contributed by atoms with van der Waals surface area (Å²) in [6, 6.07) is 17.3. The zero-order valence-corrected chi connectivity index (χ0v) is 15.5. The minimum atomic E-state index is 0.153. The first-order chi connectivity index (χ1) is 12.0. The SMILES string of the molecule is Cc1ccc(C(CNC(=O)CC2CCc3ccccc32)N(C)C)cc1. The van der Waals surface area contributed by atoms with Gasteiger partial charge in [-0.2, -0.15) is 0 Å². The minimum absolute atomic E-state index is 0.153. The molecule has 3 rings (SSSR count). The molecule has 2 atom stereocenters. The van der Waals surface area contributed by atoms with Crippen molar-refractivity contribution in [2.75, 3.05) is 20.6 Å². The molecule has 2 unspecified atom stereocenters. The summed E-state index contributed by atoms with van der Waals surface area (Å²) in [6.07, 6.45) is 2.77. The normalized spacial score (nSPS) is 17.4. The highest BCUT2D eigenvalue weighted by Gasteiger charge is 2.24. The number of nitrogens with one attached hydrogen (secondary N) is 1. The van der Waals surface area contributed by atoms with Crippen LogP contribution in [0.25, 0.3) is 0 Å². The summed E-state index contributed by atoms with van der Waals surface area (Å²) in [5.41, 5.74) is 5.26. The Morgan fingerprint density at radius 1 is 1.16 bits per heavy atom. The van der Waals surface area contributed by atoms with Crippen molar-refractivity contribution in [1.82, 2.24) is 10.2 Å². The third-order valence-electron chi connectivity index (χ3n) is 5.27. The fourth-order valence-corrected chi connectivity index (χ4v) is 3.75. The maximum absolute atomic E-state index is 12.5. The highest BCUT2D eigenvalue weighted by atomic mass is 16.1. The van der Waals surface area contributed by atoms with Crippen LogP contribution in [-0.2, 0) is 11.2 Å². The molecular formula is C22H28N2O. The number of likely N-dealkylation sites (N-methyl/N-ethyl adjacent to an activating group) is 1. The number of nitrogens with zero attached hydrogens (tertiary/aromatic N) is 1. The lowest BCUT2D eigenvalue weighted by Gasteiger charge is -2.25. The highest BCUT2D eigenvalue weighted by Crippen LogP contribution is 2.35.